The fourth-order valence-electron chi connectivity index (χ4n) is 5.46. The fraction of sp³-hybridized carbons (Fsp3) is 0.519. The molecule has 8 heteroatoms. The largest absolute Gasteiger partial charge is 0.354 e. The first-order valence-electron chi connectivity index (χ1n) is 12.5. The van der Waals surface area contributed by atoms with Gasteiger partial charge in [-0.2, -0.15) is 5.10 Å². The van der Waals surface area contributed by atoms with Gasteiger partial charge in [0.15, 0.2) is 0 Å². The summed E-state index contributed by atoms with van der Waals surface area (Å²) in [4.78, 5) is 28.3. The Balaban J connectivity index is 1.39. The maximum absolute atomic E-state index is 13.2. The van der Waals surface area contributed by atoms with E-state index in [0.29, 0.717) is 23.5 Å². The lowest BCUT2D eigenvalue weighted by Crippen LogP contribution is -2.40. The van der Waals surface area contributed by atoms with E-state index in [4.69, 9.17) is 11.6 Å². The molecule has 0 spiro atoms. The number of likely N-dealkylation sites (tertiary alicyclic amines) is 1. The van der Waals surface area contributed by atoms with E-state index in [-0.39, 0.29) is 18.0 Å². The molecule has 1 aliphatic rings. The molecule has 0 unspecified atom stereocenters. The van der Waals surface area contributed by atoms with Crippen LogP contribution >= 0.6 is 11.6 Å². The molecule has 0 bridgehead atoms. The van der Waals surface area contributed by atoms with Crippen LogP contribution in [0.25, 0.3) is 10.8 Å². The van der Waals surface area contributed by atoms with Crippen molar-refractivity contribution in [1.29, 1.82) is 0 Å². The normalized spacial score (nSPS) is 18.8. The van der Waals surface area contributed by atoms with Crippen molar-refractivity contribution in [3.8, 4) is 0 Å². The van der Waals surface area contributed by atoms with Crippen molar-refractivity contribution in [3.63, 3.8) is 0 Å². The van der Waals surface area contributed by atoms with E-state index in [1.165, 1.54) is 11.1 Å². The first-order valence-corrected chi connectivity index (χ1v) is 12.9. The summed E-state index contributed by atoms with van der Waals surface area (Å²) >= 11 is 6.01. The number of amides is 1. The van der Waals surface area contributed by atoms with Crippen LogP contribution in [0.2, 0.25) is 5.02 Å². The minimum absolute atomic E-state index is 0.0760. The lowest BCUT2D eigenvalue weighted by molar-refractivity contribution is -0.121. The minimum atomic E-state index is -0.232. The molecule has 1 fully saturated rings. The van der Waals surface area contributed by atoms with Crippen LogP contribution in [0, 0.1) is 25.7 Å². The van der Waals surface area contributed by atoms with Gasteiger partial charge >= 0.3 is 0 Å². The van der Waals surface area contributed by atoms with E-state index in [0.717, 1.165) is 60.2 Å². The van der Waals surface area contributed by atoms with E-state index in [1.54, 1.807) is 6.20 Å². The number of hydrogen-bond donors (Lipinski definition) is 1. The quantitative estimate of drug-likeness (QED) is 0.477. The van der Waals surface area contributed by atoms with E-state index < -0.39 is 0 Å². The number of nitrogens with zero attached hydrogens (tertiary/aromatic N) is 4. The molecule has 3 heterocycles. The average Bonchev–Trinajstić information content (AvgIpc) is 3.04. The highest BCUT2D eigenvalue weighted by Crippen LogP contribution is 2.24. The zero-order valence-electron chi connectivity index (χ0n) is 21.2. The SMILES string of the molecule is Cc1c2cnn(CC(=O)NCCCN3C[C@H](C)C[C@@H](C)C3)c(=O)c2c(C)n1Cc1ccc(Cl)cc1. The fourth-order valence-corrected chi connectivity index (χ4v) is 5.59. The number of carbonyl (C=O) groups excluding carboxylic acids is 1. The van der Waals surface area contributed by atoms with Gasteiger partial charge in [-0.3, -0.25) is 9.59 Å². The third kappa shape index (κ3) is 5.96. The van der Waals surface area contributed by atoms with Crippen LogP contribution in [0.1, 0.15) is 43.6 Å². The number of benzene rings is 1. The number of aromatic nitrogens is 3. The number of carbonyl (C=O) groups is 1. The number of nitrogens with one attached hydrogen (secondary N) is 1. The molecule has 1 aliphatic heterocycles. The van der Waals surface area contributed by atoms with Crippen LogP contribution in [0.15, 0.2) is 35.3 Å². The van der Waals surface area contributed by atoms with Crippen LogP contribution < -0.4 is 10.9 Å². The Bertz CT molecular complexity index is 1240. The second-order valence-electron chi connectivity index (χ2n) is 10.2. The van der Waals surface area contributed by atoms with Crippen LogP contribution in [0.3, 0.4) is 0 Å². The first kappa shape index (κ1) is 25.5. The lowest BCUT2D eigenvalue weighted by Gasteiger charge is -2.34. The molecule has 0 aliphatic carbocycles. The summed E-state index contributed by atoms with van der Waals surface area (Å²) in [5, 5.41) is 9.39. The van der Waals surface area contributed by atoms with Gasteiger partial charge < -0.3 is 14.8 Å². The third-order valence-corrected chi connectivity index (χ3v) is 7.32. The Hall–Kier alpha value is -2.64. The maximum atomic E-state index is 13.2. The molecule has 3 aromatic rings. The average molecular weight is 498 g/mol. The second kappa shape index (κ2) is 11.0. The lowest BCUT2D eigenvalue weighted by atomic mass is 9.92. The summed E-state index contributed by atoms with van der Waals surface area (Å²) in [6.07, 6.45) is 3.89. The molecule has 7 nitrogen and oxygen atoms in total. The summed E-state index contributed by atoms with van der Waals surface area (Å²) in [6.45, 7) is 13.0. The predicted molar refractivity (Wildman–Crippen MR) is 141 cm³/mol. The van der Waals surface area contributed by atoms with E-state index in [1.807, 2.05) is 38.1 Å². The van der Waals surface area contributed by atoms with E-state index >= 15 is 0 Å². The zero-order valence-corrected chi connectivity index (χ0v) is 21.9. The Morgan fingerprint density at radius 1 is 1.11 bits per heavy atom. The summed E-state index contributed by atoms with van der Waals surface area (Å²) in [6, 6.07) is 7.70. The van der Waals surface area contributed by atoms with Crippen molar-refractivity contribution < 1.29 is 4.79 Å². The molecule has 0 saturated carbocycles. The number of hydrogen-bond acceptors (Lipinski definition) is 4. The van der Waals surface area contributed by atoms with Gasteiger partial charge in [-0.1, -0.05) is 37.6 Å². The predicted octanol–water partition coefficient (Wildman–Crippen LogP) is 4.00. The Labute approximate surface area is 212 Å². The van der Waals surface area contributed by atoms with E-state index in [2.05, 4.69) is 33.7 Å². The third-order valence-electron chi connectivity index (χ3n) is 7.07. The maximum Gasteiger partial charge on any atom is 0.276 e. The Morgan fingerprint density at radius 3 is 2.49 bits per heavy atom. The molecule has 2 aromatic heterocycles. The molecular formula is C27H36ClN5O2. The van der Waals surface area contributed by atoms with Gasteiger partial charge in [-0.25, -0.2) is 4.68 Å². The number of rotatable bonds is 8. The summed E-state index contributed by atoms with van der Waals surface area (Å²) in [7, 11) is 0. The monoisotopic (exact) mass is 497 g/mol. The van der Waals surface area contributed by atoms with Gasteiger partial charge in [0.1, 0.15) is 6.54 Å². The topological polar surface area (TPSA) is 72.2 Å². The molecule has 188 valence electrons. The first-order chi connectivity index (χ1) is 16.7. The zero-order chi connectivity index (χ0) is 25.1. The number of halogens is 1. The van der Waals surface area contributed by atoms with Crippen LogP contribution in [-0.2, 0) is 17.9 Å². The molecule has 1 N–H and O–H groups in total. The molecular weight excluding hydrogens is 462 g/mol. The van der Waals surface area contributed by atoms with Crippen molar-refractivity contribution >= 4 is 28.3 Å². The van der Waals surface area contributed by atoms with Crippen molar-refractivity contribution in [2.45, 2.75) is 53.6 Å². The van der Waals surface area contributed by atoms with Crippen LogP contribution in [0.4, 0.5) is 0 Å². The Kier molecular flexibility index (Phi) is 7.97. The molecule has 1 amide bonds. The smallest absolute Gasteiger partial charge is 0.276 e. The van der Waals surface area contributed by atoms with Crippen molar-refractivity contribution in [3.05, 3.63) is 62.8 Å². The standard InChI is InChI=1S/C27H36ClN5O2/c1-18-12-19(2)15-31(14-18)11-5-10-29-25(34)17-33-27(35)26-21(4)32(20(3)24(26)13-30-33)16-22-6-8-23(28)9-7-22/h6-9,13,18-19H,5,10-12,14-17H2,1-4H3,(H,29,34)/t18-,19-/m1/s1. The van der Waals surface area contributed by atoms with Gasteiger partial charge in [0.2, 0.25) is 5.91 Å². The van der Waals surface area contributed by atoms with Crippen molar-refractivity contribution in [1.82, 2.24) is 24.6 Å². The highest BCUT2D eigenvalue weighted by atomic mass is 35.5. The summed E-state index contributed by atoms with van der Waals surface area (Å²) in [5.74, 6) is 1.28. The highest BCUT2D eigenvalue weighted by Gasteiger charge is 2.21. The Morgan fingerprint density at radius 2 is 1.80 bits per heavy atom. The second-order valence-corrected chi connectivity index (χ2v) is 10.6. The molecule has 0 radical (unpaired) electrons. The molecule has 4 rings (SSSR count). The number of piperidine rings is 1. The van der Waals surface area contributed by atoms with Gasteiger partial charge in [0, 0.05) is 48.0 Å². The van der Waals surface area contributed by atoms with Crippen molar-refractivity contribution in [2.24, 2.45) is 11.8 Å². The van der Waals surface area contributed by atoms with E-state index in [9.17, 15) is 9.59 Å². The van der Waals surface area contributed by atoms with Gasteiger partial charge in [0.25, 0.3) is 5.56 Å². The van der Waals surface area contributed by atoms with Gasteiger partial charge in [0.05, 0.1) is 11.6 Å². The number of aryl methyl sites for hydroxylation is 2. The van der Waals surface area contributed by atoms with Crippen LogP contribution in [-0.4, -0.2) is 51.3 Å². The highest BCUT2D eigenvalue weighted by molar-refractivity contribution is 6.30. The number of fused-ring (bicyclic) bond motifs is 1. The van der Waals surface area contributed by atoms with Crippen molar-refractivity contribution in [2.75, 3.05) is 26.2 Å². The minimum Gasteiger partial charge on any atom is -0.354 e. The molecule has 1 saturated heterocycles. The molecule has 2 atom stereocenters. The van der Waals surface area contributed by atoms with Gasteiger partial charge in [-0.15, -0.1) is 0 Å². The molecule has 1 aromatic carbocycles. The summed E-state index contributed by atoms with van der Waals surface area (Å²) < 4.78 is 3.38. The van der Waals surface area contributed by atoms with Gasteiger partial charge in [-0.05, 0) is 62.8 Å². The van der Waals surface area contributed by atoms with Crippen LogP contribution in [0.5, 0.6) is 0 Å². The summed E-state index contributed by atoms with van der Waals surface area (Å²) in [5.41, 5.74) is 2.72. The molecule has 35 heavy (non-hydrogen) atoms.